The molecule has 0 fully saturated rings. The summed E-state index contributed by atoms with van der Waals surface area (Å²) in [6, 6.07) is 4.31. The monoisotopic (exact) mass is 368 g/mol. The zero-order valence-corrected chi connectivity index (χ0v) is 13.3. The van der Waals surface area contributed by atoms with Crippen molar-refractivity contribution in [3.05, 3.63) is 39.2 Å². The highest BCUT2D eigenvalue weighted by Crippen LogP contribution is 2.32. The SMILES string of the molecule is Cc1nc(CN)sc1-c1nc(-c2cc(F)ccc2Br)no1. The number of benzene rings is 1. The van der Waals surface area contributed by atoms with Crippen LogP contribution < -0.4 is 5.73 Å². The number of rotatable bonds is 3. The summed E-state index contributed by atoms with van der Waals surface area (Å²) in [5.74, 6) is 0.313. The second-order valence-electron chi connectivity index (χ2n) is 4.27. The molecule has 0 unspecified atom stereocenters. The lowest BCUT2D eigenvalue weighted by Crippen LogP contribution is -1.94. The van der Waals surface area contributed by atoms with Crippen LogP contribution in [0.25, 0.3) is 22.2 Å². The summed E-state index contributed by atoms with van der Waals surface area (Å²) in [5, 5.41) is 4.71. The Hall–Kier alpha value is -1.64. The molecule has 0 atom stereocenters. The standard InChI is InChI=1S/C13H10BrFN4OS/c1-6-11(21-10(5-16)17-6)13-18-12(19-20-13)8-4-7(15)2-3-9(8)14/h2-4H,5,16H2,1H3. The maximum atomic E-state index is 13.3. The zero-order valence-electron chi connectivity index (χ0n) is 10.9. The summed E-state index contributed by atoms with van der Waals surface area (Å²) < 4.78 is 19.3. The van der Waals surface area contributed by atoms with Crippen LogP contribution in [0.3, 0.4) is 0 Å². The fourth-order valence-electron chi connectivity index (χ4n) is 1.83. The number of nitrogens with zero attached hydrogens (tertiary/aromatic N) is 3. The first kappa shape index (κ1) is 14.3. The Morgan fingerprint density at radius 3 is 2.90 bits per heavy atom. The van der Waals surface area contributed by atoms with Gasteiger partial charge in [-0.2, -0.15) is 4.98 Å². The summed E-state index contributed by atoms with van der Waals surface area (Å²) in [4.78, 5) is 9.41. The maximum absolute atomic E-state index is 13.3. The van der Waals surface area contributed by atoms with Crippen LogP contribution in [0, 0.1) is 12.7 Å². The molecule has 3 rings (SSSR count). The van der Waals surface area contributed by atoms with Crippen molar-refractivity contribution in [3.8, 4) is 22.2 Å². The van der Waals surface area contributed by atoms with E-state index in [9.17, 15) is 4.39 Å². The number of hydrogen-bond donors (Lipinski definition) is 1. The molecule has 8 heteroatoms. The summed E-state index contributed by atoms with van der Waals surface area (Å²) in [5.41, 5.74) is 6.90. The van der Waals surface area contributed by atoms with Gasteiger partial charge in [0.05, 0.1) is 5.69 Å². The lowest BCUT2D eigenvalue weighted by molar-refractivity contribution is 0.433. The minimum absolute atomic E-state index is 0.318. The molecule has 0 saturated carbocycles. The Balaban J connectivity index is 2.03. The third-order valence-corrected chi connectivity index (χ3v) is 4.66. The molecular weight excluding hydrogens is 359 g/mol. The average molecular weight is 369 g/mol. The molecule has 0 amide bonds. The van der Waals surface area contributed by atoms with Gasteiger partial charge in [-0.05, 0) is 25.1 Å². The van der Waals surface area contributed by atoms with E-state index in [0.29, 0.717) is 28.3 Å². The van der Waals surface area contributed by atoms with Crippen LogP contribution in [0.5, 0.6) is 0 Å². The van der Waals surface area contributed by atoms with E-state index >= 15 is 0 Å². The van der Waals surface area contributed by atoms with Crippen LogP contribution >= 0.6 is 27.3 Å². The van der Waals surface area contributed by atoms with Gasteiger partial charge in [0.25, 0.3) is 5.89 Å². The van der Waals surface area contributed by atoms with E-state index in [0.717, 1.165) is 15.6 Å². The van der Waals surface area contributed by atoms with Crippen LogP contribution in [0.1, 0.15) is 10.7 Å². The Morgan fingerprint density at radius 2 is 2.19 bits per heavy atom. The molecule has 0 aliphatic rings. The van der Waals surface area contributed by atoms with E-state index in [1.54, 1.807) is 6.07 Å². The molecule has 0 aliphatic carbocycles. The summed E-state index contributed by atoms with van der Waals surface area (Å²) in [7, 11) is 0. The molecule has 108 valence electrons. The van der Waals surface area contributed by atoms with Crippen LogP contribution in [0.15, 0.2) is 27.2 Å². The summed E-state index contributed by atoms with van der Waals surface area (Å²) >= 11 is 4.76. The predicted molar refractivity (Wildman–Crippen MR) is 81.1 cm³/mol. The molecule has 1 aromatic carbocycles. The average Bonchev–Trinajstić information content (AvgIpc) is 3.07. The van der Waals surface area contributed by atoms with E-state index in [-0.39, 0.29) is 5.82 Å². The van der Waals surface area contributed by atoms with E-state index in [4.69, 9.17) is 10.3 Å². The molecule has 3 aromatic rings. The van der Waals surface area contributed by atoms with Crippen molar-refractivity contribution in [2.24, 2.45) is 5.73 Å². The van der Waals surface area contributed by atoms with Gasteiger partial charge in [0.1, 0.15) is 15.7 Å². The van der Waals surface area contributed by atoms with Crippen molar-refractivity contribution >= 4 is 27.3 Å². The fraction of sp³-hybridized carbons (Fsp3) is 0.154. The Morgan fingerprint density at radius 1 is 1.38 bits per heavy atom. The first-order valence-electron chi connectivity index (χ1n) is 6.04. The van der Waals surface area contributed by atoms with Crippen molar-refractivity contribution in [1.29, 1.82) is 0 Å². The van der Waals surface area contributed by atoms with Gasteiger partial charge >= 0.3 is 0 Å². The lowest BCUT2D eigenvalue weighted by atomic mass is 10.2. The van der Waals surface area contributed by atoms with Gasteiger partial charge in [0, 0.05) is 16.6 Å². The van der Waals surface area contributed by atoms with Gasteiger partial charge in [-0.15, -0.1) is 11.3 Å². The topological polar surface area (TPSA) is 77.8 Å². The first-order chi connectivity index (χ1) is 10.1. The summed E-state index contributed by atoms with van der Waals surface area (Å²) in [6.07, 6.45) is 0. The third kappa shape index (κ3) is 2.74. The molecule has 0 saturated heterocycles. The van der Waals surface area contributed by atoms with Crippen molar-refractivity contribution in [1.82, 2.24) is 15.1 Å². The van der Waals surface area contributed by atoms with Gasteiger partial charge in [0.2, 0.25) is 5.82 Å². The Labute approximate surface area is 132 Å². The number of hydrogen-bond acceptors (Lipinski definition) is 6. The van der Waals surface area contributed by atoms with E-state index in [2.05, 4.69) is 31.1 Å². The third-order valence-electron chi connectivity index (χ3n) is 2.81. The van der Waals surface area contributed by atoms with Crippen LogP contribution in [-0.2, 0) is 6.54 Å². The molecule has 0 aliphatic heterocycles. The van der Waals surface area contributed by atoms with E-state index < -0.39 is 0 Å². The predicted octanol–water partition coefficient (Wildman–Crippen LogP) is 3.53. The second-order valence-corrected chi connectivity index (χ2v) is 6.21. The Bertz CT molecular complexity index is 801. The van der Waals surface area contributed by atoms with Gasteiger partial charge in [-0.3, -0.25) is 0 Å². The van der Waals surface area contributed by atoms with Gasteiger partial charge in [-0.25, -0.2) is 9.37 Å². The smallest absolute Gasteiger partial charge is 0.270 e. The fourth-order valence-corrected chi connectivity index (χ4v) is 3.12. The van der Waals surface area contributed by atoms with Gasteiger partial charge in [0.15, 0.2) is 0 Å². The van der Waals surface area contributed by atoms with E-state index in [1.807, 2.05) is 6.92 Å². The van der Waals surface area contributed by atoms with Crippen molar-refractivity contribution in [3.63, 3.8) is 0 Å². The van der Waals surface area contributed by atoms with Crippen LogP contribution in [0.4, 0.5) is 4.39 Å². The van der Waals surface area contributed by atoms with Crippen molar-refractivity contribution < 1.29 is 8.91 Å². The molecule has 21 heavy (non-hydrogen) atoms. The second kappa shape index (κ2) is 5.63. The number of aromatic nitrogens is 3. The first-order valence-corrected chi connectivity index (χ1v) is 7.65. The molecule has 2 aromatic heterocycles. The normalized spacial score (nSPS) is 11.0. The maximum Gasteiger partial charge on any atom is 0.270 e. The van der Waals surface area contributed by atoms with Crippen LogP contribution in [0.2, 0.25) is 0 Å². The number of nitrogens with two attached hydrogens (primary N) is 1. The highest BCUT2D eigenvalue weighted by Gasteiger charge is 2.18. The zero-order chi connectivity index (χ0) is 15.0. The van der Waals surface area contributed by atoms with Crippen LogP contribution in [-0.4, -0.2) is 15.1 Å². The highest BCUT2D eigenvalue weighted by molar-refractivity contribution is 9.10. The quantitative estimate of drug-likeness (QED) is 0.764. The largest absolute Gasteiger partial charge is 0.333 e. The van der Waals surface area contributed by atoms with Gasteiger partial charge < -0.3 is 10.3 Å². The summed E-state index contributed by atoms with van der Waals surface area (Å²) in [6.45, 7) is 2.22. The van der Waals surface area contributed by atoms with E-state index in [1.165, 1.54) is 23.5 Å². The molecule has 0 bridgehead atoms. The lowest BCUT2D eigenvalue weighted by Gasteiger charge is -1.98. The van der Waals surface area contributed by atoms with Gasteiger partial charge in [-0.1, -0.05) is 21.1 Å². The molecule has 5 nitrogen and oxygen atoms in total. The minimum atomic E-state index is -0.362. The molecule has 0 spiro atoms. The molecule has 2 heterocycles. The van der Waals surface area contributed by atoms with Crippen molar-refractivity contribution in [2.75, 3.05) is 0 Å². The molecule has 2 N–H and O–H groups in total. The Kier molecular flexibility index (Phi) is 3.83. The highest BCUT2D eigenvalue weighted by atomic mass is 79.9. The molecule has 0 radical (unpaired) electrons. The minimum Gasteiger partial charge on any atom is -0.333 e. The number of aryl methyl sites for hydroxylation is 1. The van der Waals surface area contributed by atoms with Crippen molar-refractivity contribution in [2.45, 2.75) is 13.5 Å². The molecular formula is C13H10BrFN4OS. The number of halogens is 2. The number of thiazole rings is 1.